The van der Waals surface area contributed by atoms with E-state index in [-0.39, 0.29) is 12.5 Å². The lowest BCUT2D eigenvalue weighted by atomic mass is 9.95. The van der Waals surface area contributed by atoms with Gasteiger partial charge in [0, 0.05) is 12.0 Å². The normalized spacial score (nSPS) is 13.4. The number of hydrogen-bond donors (Lipinski definition) is 2. The predicted molar refractivity (Wildman–Crippen MR) is 53.7 cm³/mol. The quantitative estimate of drug-likeness (QED) is 0.505. The molecule has 5 nitrogen and oxygen atoms in total. The van der Waals surface area contributed by atoms with Crippen molar-refractivity contribution in [2.45, 2.75) is 13.8 Å². The molecule has 0 fully saturated rings. The molecule has 0 aliphatic rings. The van der Waals surface area contributed by atoms with Crippen LogP contribution in [0.25, 0.3) is 0 Å². The molecule has 0 saturated heterocycles. The second-order valence-corrected chi connectivity index (χ2v) is 4.24. The zero-order valence-electron chi connectivity index (χ0n) is 8.28. The highest BCUT2D eigenvalue weighted by molar-refractivity contribution is 7.74. The summed E-state index contributed by atoms with van der Waals surface area (Å²) in [6.07, 6.45) is 1.17. The zero-order chi connectivity index (χ0) is 11.2. The number of hydrogen-bond acceptors (Lipinski definition) is 3. The second-order valence-electron chi connectivity index (χ2n) is 3.57. The Balaban J connectivity index is 3.88. The van der Waals surface area contributed by atoms with Gasteiger partial charge in [-0.15, -0.1) is 0 Å². The van der Waals surface area contributed by atoms with Crippen molar-refractivity contribution in [2.75, 3.05) is 13.2 Å². The lowest BCUT2D eigenvalue weighted by Crippen LogP contribution is -2.36. The number of amides is 1. The first kappa shape index (κ1) is 13.3. The highest BCUT2D eigenvalue weighted by Gasteiger charge is 2.19. The van der Waals surface area contributed by atoms with E-state index in [4.69, 9.17) is 4.55 Å². The number of carbonyl (C=O) groups is 1. The van der Waals surface area contributed by atoms with Crippen LogP contribution in [0, 0.1) is 5.41 Å². The molecule has 0 heterocycles. The van der Waals surface area contributed by atoms with Crippen molar-refractivity contribution in [1.82, 2.24) is 5.32 Å². The Bertz CT molecular complexity index is 239. The molecule has 82 valence electrons. The van der Waals surface area contributed by atoms with E-state index in [9.17, 15) is 9.00 Å². The number of nitrogens with one attached hydrogen (secondary N) is 1. The van der Waals surface area contributed by atoms with E-state index in [0.29, 0.717) is 6.54 Å². The molecule has 2 N–H and O–H groups in total. The molecule has 14 heavy (non-hydrogen) atoms. The van der Waals surface area contributed by atoms with Gasteiger partial charge in [-0.05, 0) is 6.08 Å². The Hall–Kier alpha value is -0.720. The minimum Gasteiger partial charge on any atom is -0.352 e. The predicted octanol–water partition coefficient (Wildman–Crippen LogP) is 0.468. The van der Waals surface area contributed by atoms with Crippen molar-refractivity contribution >= 4 is 17.3 Å². The topological polar surface area (TPSA) is 75.6 Å². The smallest absolute Gasteiger partial charge is 0.301 e. The first-order valence-corrected chi connectivity index (χ1v) is 5.05. The van der Waals surface area contributed by atoms with Gasteiger partial charge < -0.3 is 5.32 Å². The molecule has 6 heteroatoms. The van der Waals surface area contributed by atoms with Crippen molar-refractivity contribution < 1.29 is 17.7 Å². The fourth-order valence-corrected chi connectivity index (χ4v) is 1.08. The second kappa shape index (κ2) is 5.90. The highest BCUT2D eigenvalue weighted by atomic mass is 32.2. The maximum atomic E-state index is 10.8. The maximum Gasteiger partial charge on any atom is 0.301 e. The van der Waals surface area contributed by atoms with Crippen LogP contribution in [0.4, 0.5) is 0 Å². The van der Waals surface area contributed by atoms with Crippen molar-refractivity contribution in [3.63, 3.8) is 0 Å². The van der Waals surface area contributed by atoms with Crippen molar-refractivity contribution in [3.05, 3.63) is 12.7 Å². The number of carbonyl (C=O) groups excluding carboxylic acids is 1. The third-order valence-electron chi connectivity index (χ3n) is 1.48. The first-order valence-electron chi connectivity index (χ1n) is 4.02. The summed E-state index contributed by atoms with van der Waals surface area (Å²) in [5.41, 5.74) is -0.392. The van der Waals surface area contributed by atoms with Crippen molar-refractivity contribution in [1.29, 1.82) is 0 Å². The molecule has 0 rings (SSSR count). The molecule has 1 atom stereocenters. The fourth-order valence-electron chi connectivity index (χ4n) is 0.660. The third kappa shape index (κ3) is 6.76. The summed E-state index contributed by atoms with van der Waals surface area (Å²) in [5, 5.41) is 2.58. The van der Waals surface area contributed by atoms with E-state index >= 15 is 0 Å². The Labute approximate surface area is 86.0 Å². The summed E-state index contributed by atoms with van der Waals surface area (Å²) in [6, 6.07) is 0. The molecular formula is C8H15NO4S. The monoisotopic (exact) mass is 221 g/mol. The lowest BCUT2D eigenvalue weighted by Gasteiger charge is -2.22. The van der Waals surface area contributed by atoms with E-state index in [0.717, 1.165) is 0 Å². The van der Waals surface area contributed by atoms with E-state index in [1.807, 2.05) is 13.8 Å². The third-order valence-corrected chi connectivity index (χ3v) is 1.80. The summed E-state index contributed by atoms with van der Waals surface area (Å²) in [5.74, 6) is -0.275. The van der Waals surface area contributed by atoms with Crippen LogP contribution in [-0.4, -0.2) is 27.8 Å². The van der Waals surface area contributed by atoms with Gasteiger partial charge in [0.15, 0.2) is 0 Å². The molecule has 0 radical (unpaired) electrons. The van der Waals surface area contributed by atoms with Gasteiger partial charge in [-0.1, -0.05) is 20.4 Å². The van der Waals surface area contributed by atoms with Gasteiger partial charge in [0.25, 0.3) is 0 Å². The molecule has 0 aromatic carbocycles. The lowest BCUT2D eigenvalue weighted by molar-refractivity contribution is -0.117. The SMILES string of the molecule is C=CC(=O)NCC(C)(C)COS(=O)O. The molecule has 1 amide bonds. The van der Waals surface area contributed by atoms with Crippen LogP contribution in [0.1, 0.15) is 13.8 Å². The summed E-state index contributed by atoms with van der Waals surface area (Å²) < 4.78 is 23.1. The molecule has 1 unspecified atom stereocenters. The van der Waals surface area contributed by atoms with Gasteiger partial charge in [-0.3, -0.25) is 13.5 Å². The average molecular weight is 221 g/mol. The summed E-state index contributed by atoms with van der Waals surface area (Å²) in [7, 11) is 0. The summed E-state index contributed by atoms with van der Waals surface area (Å²) in [4.78, 5) is 10.8. The minimum atomic E-state index is -2.26. The molecule has 0 aliphatic carbocycles. The van der Waals surface area contributed by atoms with Crippen LogP contribution in [0.15, 0.2) is 12.7 Å². The summed E-state index contributed by atoms with van der Waals surface area (Å²) >= 11 is -2.26. The van der Waals surface area contributed by atoms with Crippen molar-refractivity contribution in [3.8, 4) is 0 Å². The standard InChI is InChI=1S/C8H15NO4S/c1-4-7(10)9-5-8(2,3)6-13-14(11)12/h4H,1,5-6H2,2-3H3,(H,9,10)(H,11,12). The Morgan fingerprint density at radius 2 is 2.29 bits per heavy atom. The molecule has 0 aromatic rings. The molecular weight excluding hydrogens is 206 g/mol. The Morgan fingerprint density at radius 1 is 1.71 bits per heavy atom. The zero-order valence-corrected chi connectivity index (χ0v) is 9.10. The van der Waals surface area contributed by atoms with Gasteiger partial charge >= 0.3 is 11.4 Å². The number of rotatable bonds is 6. The van der Waals surface area contributed by atoms with Gasteiger partial charge in [-0.2, -0.15) is 4.21 Å². The molecule has 0 aromatic heterocycles. The van der Waals surface area contributed by atoms with Gasteiger partial charge in [0.1, 0.15) is 0 Å². The van der Waals surface area contributed by atoms with Crippen LogP contribution >= 0.6 is 0 Å². The van der Waals surface area contributed by atoms with Crippen LogP contribution in [0.5, 0.6) is 0 Å². The van der Waals surface area contributed by atoms with E-state index < -0.39 is 16.8 Å². The van der Waals surface area contributed by atoms with Crippen molar-refractivity contribution in [2.24, 2.45) is 5.41 Å². The Kier molecular flexibility index (Phi) is 5.59. The maximum absolute atomic E-state index is 10.8. The van der Waals surface area contributed by atoms with Crippen LogP contribution < -0.4 is 5.32 Å². The Morgan fingerprint density at radius 3 is 2.71 bits per heavy atom. The largest absolute Gasteiger partial charge is 0.352 e. The van der Waals surface area contributed by atoms with Crippen LogP contribution in [-0.2, 0) is 20.3 Å². The summed E-state index contributed by atoms with van der Waals surface area (Å²) in [6.45, 7) is 7.37. The van der Waals surface area contributed by atoms with E-state index in [1.165, 1.54) is 6.08 Å². The molecule has 0 aliphatic heterocycles. The highest BCUT2D eigenvalue weighted by Crippen LogP contribution is 2.14. The molecule has 0 saturated carbocycles. The van der Waals surface area contributed by atoms with E-state index in [2.05, 4.69) is 16.1 Å². The average Bonchev–Trinajstić information content (AvgIpc) is 2.11. The minimum absolute atomic E-state index is 0.0908. The molecule has 0 bridgehead atoms. The van der Waals surface area contributed by atoms with Crippen LogP contribution in [0.2, 0.25) is 0 Å². The van der Waals surface area contributed by atoms with E-state index in [1.54, 1.807) is 0 Å². The van der Waals surface area contributed by atoms with Gasteiger partial charge in [0.05, 0.1) is 6.61 Å². The van der Waals surface area contributed by atoms with Gasteiger partial charge in [0.2, 0.25) is 5.91 Å². The van der Waals surface area contributed by atoms with Crippen LogP contribution in [0.3, 0.4) is 0 Å². The fraction of sp³-hybridized carbons (Fsp3) is 0.625. The van der Waals surface area contributed by atoms with Gasteiger partial charge in [-0.25, -0.2) is 0 Å². The first-order chi connectivity index (χ1) is 6.37. The molecule has 0 spiro atoms.